The van der Waals surface area contributed by atoms with E-state index < -0.39 is 7.92 Å². The normalized spacial score (nSPS) is 12.4. The first kappa shape index (κ1) is 35.5. The topological polar surface area (TPSA) is 75.6 Å². The van der Waals surface area contributed by atoms with E-state index >= 15 is 0 Å². The van der Waals surface area contributed by atoms with Gasteiger partial charge in [-0.15, -0.1) is 0 Å². The zero-order valence-electron chi connectivity index (χ0n) is 28.8. The molecule has 1 N–H and O–H groups in total. The van der Waals surface area contributed by atoms with Crippen molar-refractivity contribution in [3.8, 4) is 28.7 Å². The summed E-state index contributed by atoms with van der Waals surface area (Å²) in [6, 6.07) is 14.0. The Morgan fingerprint density at radius 2 is 0.977 bits per heavy atom. The van der Waals surface area contributed by atoms with Crippen LogP contribution in [0.1, 0.15) is 79.0 Å². The first-order valence-electron chi connectivity index (χ1n) is 14.8. The van der Waals surface area contributed by atoms with E-state index in [-0.39, 0.29) is 35.6 Å². The molecule has 242 valence electrons. The quantitative estimate of drug-likeness (QED) is 0.181. The van der Waals surface area contributed by atoms with E-state index in [0.29, 0.717) is 23.0 Å². The van der Waals surface area contributed by atoms with E-state index in [1.165, 1.54) is 0 Å². The molecule has 0 bridgehead atoms. The number of para-hydroxylation sites is 1. The highest BCUT2D eigenvalue weighted by Gasteiger charge is 2.35. The minimum atomic E-state index is -1.55. The fourth-order valence-electron chi connectivity index (χ4n) is 5.10. The number of phenolic OH excluding ortho intramolecular Hbond substituents is 1. The SMILES string of the molecule is COCOc1c(P(c2cccc(C(C)(C)C)c2O)c2cc(OC)cc(C(C)(C)C)c2OCOC)cc(OC)cc1C(C)(C)C. The van der Waals surface area contributed by atoms with Gasteiger partial charge in [-0.2, -0.15) is 0 Å². The summed E-state index contributed by atoms with van der Waals surface area (Å²) in [5.41, 5.74) is 1.86. The monoisotopic (exact) mass is 626 g/mol. The Bertz CT molecular complexity index is 1350. The van der Waals surface area contributed by atoms with Crippen molar-refractivity contribution >= 4 is 23.8 Å². The van der Waals surface area contributed by atoms with Gasteiger partial charge in [0, 0.05) is 41.3 Å². The van der Waals surface area contributed by atoms with Crippen LogP contribution in [0.25, 0.3) is 0 Å². The Balaban J connectivity index is 2.66. The predicted octanol–water partition coefficient (Wildman–Crippen LogP) is 7.03. The summed E-state index contributed by atoms with van der Waals surface area (Å²) in [6.45, 7) is 19.2. The van der Waals surface area contributed by atoms with Crippen molar-refractivity contribution in [2.45, 2.75) is 78.6 Å². The summed E-state index contributed by atoms with van der Waals surface area (Å²) in [6.07, 6.45) is 0. The van der Waals surface area contributed by atoms with E-state index in [9.17, 15) is 5.11 Å². The molecule has 0 aliphatic rings. The Labute approximate surface area is 265 Å². The lowest BCUT2D eigenvalue weighted by atomic mass is 9.86. The molecular weight excluding hydrogens is 575 g/mol. The molecule has 3 rings (SSSR count). The third-order valence-electron chi connectivity index (χ3n) is 7.36. The van der Waals surface area contributed by atoms with Crippen molar-refractivity contribution in [1.82, 2.24) is 0 Å². The van der Waals surface area contributed by atoms with E-state index in [4.69, 9.17) is 28.4 Å². The molecule has 8 heteroatoms. The Morgan fingerprint density at radius 1 is 0.568 bits per heavy atom. The molecule has 7 nitrogen and oxygen atoms in total. The fraction of sp³-hybridized carbons (Fsp3) is 0.500. The number of benzene rings is 3. The second kappa shape index (κ2) is 14.0. The zero-order chi connectivity index (χ0) is 33.0. The molecule has 0 radical (unpaired) electrons. The van der Waals surface area contributed by atoms with Crippen LogP contribution in [0, 0.1) is 0 Å². The molecule has 0 aliphatic heterocycles. The molecule has 0 saturated heterocycles. The molecule has 0 atom stereocenters. The summed E-state index contributed by atoms with van der Waals surface area (Å²) in [5.74, 6) is 2.98. The molecule has 0 unspecified atom stereocenters. The Hall–Kier alpha value is -2.99. The van der Waals surface area contributed by atoms with Crippen LogP contribution in [0.2, 0.25) is 0 Å². The third kappa shape index (κ3) is 7.80. The lowest BCUT2D eigenvalue weighted by molar-refractivity contribution is 0.0505. The maximum Gasteiger partial charge on any atom is 0.188 e. The largest absolute Gasteiger partial charge is 0.507 e. The Kier molecular flexibility index (Phi) is 11.3. The minimum Gasteiger partial charge on any atom is -0.507 e. The van der Waals surface area contributed by atoms with Gasteiger partial charge in [-0.25, -0.2) is 0 Å². The van der Waals surface area contributed by atoms with E-state index in [0.717, 1.165) is 32.6 Å². The number of aromatic hydroxyl groups is 1. The van der Waals surface area contributed by atoms with Gasteiger partial charge in [-0.1, -0.05) is 80.5 Å². The number of hydrogen-bond donors (Lipinski definition) is 1. The van der Waals surface area contributed by atoms with E-state index in [1.54, 1.807) is 28.4 Å². The van der Waals surface area contributed by atoms with Gasteiger partial charge in [0.05, 0.1) is 14.2 Å². The predicted molar refractivity (Wildman–Crippen MR) is 181 cm³/mol. The Morgan fingerprint density at radius 3 is 1.32 bits per heavy atom. The number of methoxy groups -OCH3 is 4. The van der Waals surface area contributed by atoms with Gasteiger partial charge >= 0.3 is 0 Å². The van der Waals surface area contributed by atoms with Gasteiger partial charge in [0.2, 0.25) is 0 Å². The lowest BCUT2D eigenvalue weighted by Crippen LogP contribution is -2.29. The maximum atomic E-state index is 12.1. The highest BCUT2D eigenvalue weighted by Crippen LogP contribution is 2.49. The van der Waals surface area contributed by atoms with Crippen LogP contribution in [0.15, 0.2) is 42.5 Å². The molecule has 44 heavy (non-hydrogen) atoms. The molecule has 3 aromatic carbocycles. The van der Waals surface area contributed by atoms with E-state index in [1.807, 2.05) is 42.5 Å². The summed E-state index contributed by atoms with van der Waals surface area (Å²) < 4.78 is 35.5. The van der Waals surface area contributed by atoms with Crippen molar-refractivity contribution in [1.29, 1.82) is 0 Å². The number of ether oxygens (including phenoxy) is 6. The van der Waals surface area contributed by atoms with Crippen LogP contribution >= 0.6 is 7.92 Å². The van der Waals surface area contributed by atoms with Gasteiger partial charge in [0.15, 0.2) is 13.6 Å². The molecule has 0 heterocycles. The van der Waals surface area contributed by atoms with Crippen LogP contribution in [0.3, 0.4) is 0 Å². The second-order valence-electron chi connectivity index (χ2n) is 13.9. The third-order valence-corrected chi connectivity index (χ3v) is 9.83. The summed E-state index contributed by atoms with van der Waals surface area (Å²) >= 11 is 0. The van der Waals surface area contributed by atoms with Crippen molar-refractivity contribution < 1.29 is 33.5 Å². The average Bonchev–Trinajstić information content (AvgIpc) is 2.94. The van der Waals surface area contributed by atoms with Crippen LogP contribution in [-0.4, -0.2) is 47.1 Å². The molecule has 0 saturated carbocycles. The summed E-state index contributed by atoms with van der Waals surface area (Å²) in [5, 5.41) is 14.6. The number of phenols is 1. The van der Waals surface area contributed by atoms with Gasteiger partial charge in [0.1, 0.15) is 28.7 Å². The highest BCUT2D eigenvalue weighted by atomic mass is 31.1. The average molecular weight is 627 g/mol. The smallest absolute Gasteiger partial charge is 0.188 e. The van der Waals surface area contributed by atoms with Crippen molar-refractivity contribution in [3.05, 3.63) is 59.2 Å². The molecule has 3 aromatic rings. The lowest BCUT2D eigenvalue weighted by Gasteiger charge is -2.33. The van der Waals surface area contributed by atoms with Crippen molar-refractivity contribution in [2.24, 2.45) is 0 Å². The second-order valence-corrected chi connectivity index (χ2v) is 16.0. The first-order valence-corrected chi connectivity index (χ1v) is 16.1. The van der Waals surface area contributed by atoms with Crippen LogP contribution in [0.5, 0.6) is 28.7 Å². The fourth-order valence-corrected chi connectivity index (χ4v) is 7.74. The van der Waals surface area contributed by atoms with Crippen molar-refractivity contribution in [2.75, 3.05) is 42.0 Å². The molecule has 0 aromatic heterocycles. The van der Waals surface area contributed by atoms with Gasteiger partial charge in [0.25, 0.3) is 0 Å². The molecular formula is C36H51O7P. The van der Waals surface area contributed by atoms with Gasteiger partial charge < -0.3 is 33.5 Å². The summed E-state index contributed by atoms with van der Waals surface area (Å²) in [4.78, 5) is 0. The van der Waals surface area contributed by atoms with Crippen LogP contribution in [-0.2, 0) is 25.7 Å². The number of rotatable bonds is 11. The summed E-state index contributed by atoms with van der Waals surface area (Å²) in [7, 11) is 5.00. The minimum absolute atomic E-state index is 0.0536. The van der Waals surface area contributed by atoms with Crippen LogP contribution in [0.4, 0.5) is 0 Å². The van der Waals surface area contributed by atoms with E-state index in [2.05, 4.69) is 62.3 Å². The standard InChI is InChI=1S/C36H51O7P/c1-34(2,3)25-15-14-16-28(31(25)37)44(29-19-23(40-12)17-26(35(4,5)6)32(29)42-21-38-10)30-20-24(41-13)18-27(36(7,8)9)33(30)43-22-39-11/h14-20,37H,21-22H2,1-13H3. The van der Waals surface area contributed by atoms with Gasteiger partial charge in [-0.05, 0) is 54.0 Å². The van der Waals surface area contributed by atoms with Crippen molar-refractivity contribution in [3.63, 3.8) is 0 Å². The maximum absolute atomic E-state index is 12.1. The molecule has 0 aliphatic carbocycles. The first-order chi connectivity index (χ1) is 20.5. The molecule has 0 spiro atoms. The zero-order valence-corrected chi connectivity index (χ0v) is 29.7. The molecule has 0 fully saturated rings. The number of hydrogen-bond acceptors (Lipinski definition) is 7. The molecule has 0 amide bonds. The van der Waals surface area contributed by atoms with Gasteiger partial charge in [-0.3, -0.25) is 0 Å². The van der Waals surface area contributed by atoms with Crippen LogP contribution < -0.4 is 34.9 Å². The highest BCUT2D eigenvalue weighted by molar-refractivity contribution is 7.80.